The van der Waals surface area contributed by atoms with Crippen molar-refractivity contribution in [2.24, 2.45) is 0 Å². The van der Waals surface area contributed by atoms with Crippen molar-refractivity contribution < 1.29 is 0 Å². The van der Waals surface area contributed by atoms with Crippen molar-refractivity contribution in [2.45, 2.75) is 32.5 Å². The second kappa shape index (κ2) is 5.59. The van der Waals surface area contributed by atoms with Gasteiger partial charge in [0.25, 0.3) is 0 Å². The van der Waals surface area contributed by atoms with E-state index in [9.17, 15) is 0 Å². The first kappa shape index (κ1) is 11.8. The van der Waals surface area contributed by atoms with Crippen molar-refractivity contribution in [2.75, 3.05) is 0 Å². The summed E-state index contributed by atoms with van der Waals surface area (Å²) in [5.41, 5.74) is 1.26. The van der Waals surface area contributed by atoms with Gasteiger partial charge in [-0.3, -0.25) is 4.98 Å². The highest BCUT2D eigenvalue weighted by Gasteiger charge is 2.09. The van der Waals surface area contributed by atoms with E-state index in [4.69, 9.17) is 0 Å². The molecule has 0 aliphatic heterocycles. The lowest BCUT2D eigenvalue weighted by molar-refractivity contribution is 0.430. The summed E-state index contributed by atoms with van der Waals surface area (Å²) in [6.07, 6.45) is 9.28. The molecule has 0 saturated carbocycles. The fourth-order valence-corrected chi connectivity index (χ4v) is 1.94. The molecule has 4 nitrogen and oxygen atoms in total. The monoisotopic (exact) mass is 230 g/mol. The zero-order valence-electron chi connectivity index (χ0n) is 10.2. The molecule has 90 valence electrons. The van der Waals surface area contributed by atoms with Gasteiger partial charge < -0.3 is 9.88 Å². The molecule has 4 heteroatoms. The summed E-state index contributed by atoms with van der Waals surface area (Å²) in [4.78, 5) is 8.07. The number of hydrogen-bond donors (Lipinski definition) is 1. The van der Waals surface area contributed by atoms with Gasteiger partial charge in [0.05, 0.1) is 6.33 Å². The molecular weight excluding hydrogens is 212 g/mol. The van der Waals surface area contributed by atoms with Gasteiger partial charge in [0.1, 0.15) is 0 Å². The lowest BCUT2D eigenvalue weighted by Gasteiger charge is -2.20. The Morgan fingerprint density at radius 2 is 1.94 bits per heavy atom. The fraction of sp³-hybridized carbons (Fsp3) is 0.385. The van der Waals surface area contributed by atoms with Crippen LogP contribution in [0.2, 0.25) is 0 Å². The molecule has 0 aromatic carbocycles. The molecule has 2 aromatic rings. The minimum Gasteiger partial charge on any atom is -0.336 e. The van der Waals surface area contributed by atoms with Gasteiger partial charge in [-0.25, -0.2) is 4.98 Å². The topological polar surface area (TPSA) is 42.7 Å². The number of hydrogen-bond acceptors (Lipinski definition) is 3. The molecule has 2 aromatic heterocycles. The van der Waals surface area contributed by atoms with Crippen LogP contribution in [-0.4, -0.2) is 20.6 Å². The average molecular weight is 230 g/mol. The summed E-state index contributed by atoms with van der Waals surface area (Å²) in [6, 6.07) is 4.81. The summed E-state index contributed by atoms with van der Waals surface area (Å²) < 4.78 is 2.08. The molecule has 0 radical (unpaired) electrons. The van der Waals surface area contributed by atoms with Gasteiger partial charge >= 0.3 is 0 Å². The van der Waals surface area contributed by atoms with Crippen molar-refractivity contribution in [1.29, 1.82) is 0 Å². The number of pyridine rings is 1. The van der Waals surface area contributed by atoms with E-state index >= 15 is 0 Å². The van der Waals surface area contributed by atoms with E-state index in [1.54, 1.807) is 6.20 Å². The van der Waals surface area contributed by atoms with E-state index in [1.165, 1.54) is 5.56 Å². The van der Waals surface area contributed by atoms with Crippen LogP contribution in [0.15, 0.2) is 43.2 Å². The van der Waals surface area contributed by atoms with Gasteiger partial charge in [-0.2, -0.15) is 0 Å². The molecule has 0 aliphatic rings. The Hall–Kier alpha value is -1.68. The summed E-state index contributed by atoms with van der Waals surface area (Å²) in [5.74, 6) is 0. The molecule has 0 bridgehead atoms. The number of rotatable bonds is 5. The Balaban J connectivity index is 1.88. The zero-order chi connectivity index (χ0) is 12.1. The summed E-state index contributed by atoms with van der Waals surface area (Å²) in [5, 5.41) is 3.56. The Bertz CT molecular complexity index is 424. The van der Waals surface area contributed by atoms with Crippen LogP contribution in [0.5, 0.6) is 0 Å². The molecule has 1 N–H and O–H groups in total. The minimum atomic E-state index is 0.330. The molecular formula is C13H18N4. The van der Waals surface area contributed by atoms with Crippen molar-refractivity contribution >= 4 is 0 Å². The number of aromatic nitrogens is 3. The lowest BCUT2D eigenvalue weighted by Crippen LogP contribution is -2.32. The Labute approximate surface area is 102 Å². The van der Waals surface area contributed by atoms with Crippen LogP contribution in [-0.2, 0) is 6.54 Å². The smallest absolute Gasteiger partial charge is 0.0946 e. The zero-order valence-corrected chi connectivity index (χ0v) is 10.2. The molecule has 2 rings (SSSR count). The second-order valence-electron chi connectivity index (χ2n) is 4.33. The molecule has 0 fully saturated rings. The number of nitrogens with one attached hydrogen (secondary N) is 1. The summed E-state index contributed by atoms with van der Waals surface area (Å²) >= 11 is 0. The minimum absolute atomic E-state index is 0.330. The highest BCUT2D eigenvalue weighted by molar-refractivity contribution is 5.14. The van der Waals surface area contributed by atoms with Gasteiger partial charge in [0.15, 0.2) is 0 Å². The van der Waals surface area contributed by atoms with Gasteiger partial charge in [0.2, 0.25) is 0 Å². The van der Waals surface area contributed by atoms with E-state index < -0.39 is 0 Å². The molecule has 2 atom stereocenters. The Morgan fingerprint density at radius 3 is 2.59 bits per heavy atom. The van der Waals surface area contributed by atoms with E-state index in [1.807, 2.05) is 37.1 Å². The van der Waals surface area contributed by atoms with Gasteiger partial charge in [-0.05, 0) is 31.5 Å². The third-order valence-electron chi connectivity index (χ3n) is 2.78. The van der Waals surface area contributed by atoms with Crippen molar-refractivity contribution in [3.05, 3.63) is 48.8 Å². The number of imidazole rings is 1. The predicted molar refractivity (Wildman–Crippen MR) is 67.5 cm³/mol. The van der Waals surface area contributed by atoms with E-state index in [0.29, 0.717) is 12.1 Å². The highest BCUT2D eigenvalue weighted by atomic mass is 15.1. The highest BCUT2D eigenvalue weighted by Crippen LogP contribution is 2.11. The van der Waals surface area contributed by atoms with Crippen LogP contribution in [0.1, 0.15) is 25.5 Å². The van der Waals surface area contributed by atoms with Gasteiger partial charge in [0, 0.05) is 43.4 Å². The first-order valence-electron chi connectivity index (χ1n) is 5.87. The molecule has 0 amide bonds. The quantitative estimate of drug-likeness (QED) is 0.854. The fourth-order valence-electron chi connectivity index (χ4n) is 1.94. The molecule has 2 unspecified atom stereocenters. The summed E-state index contributed by atoms with van der Waals surface area (Å²) in [7, 11) is 0. The largest absolute Gasteiger partial charge is 0.336 e. The maximum atomic E-state index is 4.04. The normalized spacial score (nSPS) is 14.5. The van der Waals surface area contributed by atoms with Gasteiger partial charge in [-0.15, -0.1) is 0 Å². The lowest BCUT2D eigenvalue weighted by atomic mass is 10.1. The van der Waals surface area contributed by atoms with Crippen LogP contribution in [0.25, 0.3) is 0 Å². The average Bonchev–Trinajstić information content (AvgIpc) is 2.82. The number of nitrogens with zero attached hydrogens (tertiary/aromatic N) is 3. The van der Waals surface area contributed by atoms with Crippen LogP contribution >= 0.6 is 0 Å². The van der Waals surface area contributed by atoms with Crippen LogP contribution in [0.4, 0.5) is 0 Å². The predicted octanol–water partition coefficient (Wildman–Crippen LogP) is 2.02. The van der Waals surface area contributed by atoms with Gasteiger partial charge in [-0.1, -0.05) is 0 Å². The van der Waals surface area contributed by atoms with E-state index in [2.05, 4.69) is 33.7 Å². The third kappa shape index (κ3) is 3.39. The van der Waals surface area contributed by atoms with Crippen LogP contribution < -0.4 is 5.32 Å². The molecule has 0 spiro atoms. The molecule has 17 heavy (non-hydrogen) atoms. The first-order valence-corrected chi connectivity index (χ1v) is 5.87. The second-order valence-corrected chi connectivity index (χ2v) is 4.33. The van der Waals surface area contributed by atoms with Crippen molar-refractivity contribution in [1.82, 2.24) is 19.9 Å². The van der Waals surface area contributed by atoms with Crippen LogP contribution in [0.3, 0.4) is 0 Å². The third-order valence-corrected chi connectivity index (χ3v) is 2.78. The van der Waals surface area contributed by atoms with E-state index in [0.717, 1.165) is 6.54 Å². The molecule has 0 aliphatic carbocycles. The first-order chi connectivity index (χ1) is 8.25. The standard InChI is InChI=1S/C13H18N4/c1-11(9-17-8-7-15-10-17)16-12(2)13-3-5-14-6-4-13/h3-8,10-12,16H,9H2,1-2H3. The SMILES string of the molecule is CC(Cn1ccnc1)NC(C)c1ccncc1. The van der Waals surface area contributed by atoms with Crippen LogP contribution in [0, 0.1) is 0 Å². The Kier molecular flexibility index (Phi) is 3.88. The molecule has 0 saturated heterocycles. The van der Waals surface area contributed by atoms with E-state index in [-0.39, 0.29) is 0 Å². The van der Waals surface area contributed by atoms with Crippen molar-refractivity contribution in [3.8, 4) is 0 Å². The Morgan fingerprint density at radius 1 is 1.18 bits per heavy atom. The maximum Gasteiger partial charge on any atom is 0.0946 e. The summed E-state index contributed by atoms with van der Waals surface area (Å²) in [6.45, 7) is 5.27. The maximum absolute atomic E-state index is 4.04. The molecule has 2 heterocycles. The van der Waals surface area contributed by atoms with Crippen molar-refractivity contribution in [3.63, 3.8) is 0 Å².